The van der Waals surface area contributed by atoms with Crippen LogP contribution in [0.5, 0.6) is 5.75 Å². The van der Waals surface area contributed by atoms with E-state index in [0.29, 0.717) is 18.0 Å². The lowest BCUT2D eigenvalue weighted by molar-refractivity contribution is 0.00838. The number of halogens is 1. The molecule has 1 saturated heterocycles. The highest BCUT2D eigenvalue weighted by molar-refractivity contribution is 7.40. The first-order valence-electron chi connectivity index (χ1n) is 19.6. The van der Waals surface area contributed by atoms with E-state index in [1.807, 2.05) is 18.2 Å². The molecule has 3 aromatic rings. The van der Waals surface area contributed by atoms with Gasteiger partial charge in [-0.05, 0) is 49.9 Å². The van der Waals surface area contributed by atoms with Gasteiger partial charge in [0.25, 0.3) is 0 Å². The Kier molecular flexibility index (Phi) is 21.9. The summed E-state index contributed by atoms with van der Waals surface area (Å²) in [5.74, 6) is 0.110. The largest absolute Gasteiger partial charge is 0.488 e. The van der Waals surface area contributed by atoms with Crippen LogP contribution in [0, 0.1) is 29.0 Å². The topological polar surface area (TPSA) is 161 Å². The number of aromatic nitrogens is 3. The SMILES string of the molecule is C#N.CCCCCCCCCCCCCCCCCCCC(COP(O)OCC1CCC(c2ccc3c(N)ncnn23)O1)Oc1ccc(C#N)c(F)c1. The number of hydrogen-bond donors (Lipinski definition) is 2. The minimum absolute atomic E-state index is 0.0328. The molecule has 2 aromatic heterocycles. The molecule has 4 unspecified atom stereocenters. The third-order valence-electron chi connectivity index (χ3n) is 9.68. The maximum Gasteiger partial charge on any atom is 0.330 e. The number of nitrogen functional groups attached to an aromatic ring is 1. The second-order valence-corrected chi connectivity index (χ2v) is 14.8. The Balaban J connectivity index is 0.00000372. The third-order valence-corrected chi connectivity index (χ3v) is 10.4. The van der Waals surface area contributed by atoms with Crippen molar-refractivity contribution in [3.63, 3.8) is 0 Å². The Bertz CT molecular complexity index is 1500. The lowest BCUT2D eigenvalue weighted by Gasteiger charge is -2.21. The average molecular weight is 755 g/mol. The van der Waals surface area contributed by atoms with E-state index < -0.39 is 20.5 Å². The first kappa shape index (κ1) is 44.0. The zero-order chi connectivity index (χ0) is 38.1. The van der Waals surface area contributed by atoms with Crippen LogP contribution in [0.4, 0.5) is 10.2 Å². The van der Waals surface area contributed by atoms with Crippen molar-refractivity contribution < 1.29 is 27.8 Å². The van der Waals surface area contributed by atoms with Crippen molar-refractivity contribution in [1.29, 1.82) is 10.5 Å². The second-order valence-electron chi connectivity index (χ2n) is 13.8. The number of nitrogens with zero attached hydrogens (tertiary/aromatic N) is 5. The van der Waals surface area contributed by atoms with Crippen LogP contribution in [0.2, 0.25) is 0 Å². The molecule has 4 rings (SSSR count). The Labute approximate surface area is 317 Å². The summed E-state index contributed by atoms with van der Waals surface area (Å²) in [6, 6.07) is 9.88. The highest BCUT2D eigenvalue weighted by Gasteiger charge is 2.30. The standard InChI is InChI=1S/C39H59FN5O5P.CHN/c1-2-3-4-5-6-7-8-9-10-11-12-13-14-15-16-17-18-19-33(49-32-21-20-31(27-41)35(40)26-32)28-47-51(46)48-29-34-22-25-38(50-34)36-23-24-37-39(42)43-30-44-45(36)37;1-2/h20-21,23-24,26,30,33-34,38,46H,2-19,22,25,28-29H2,1H3,(H2,42,43,44);1H. The summed E-state index contributed by atoms with van der Waals surface area (Å²) in [4.78, 5) is 14.6. The van der Waals surface area contributed by atoms with Gasteiger partial charge in [0, 0.05) is 12.6 Å². The molecule has 53 heavy (non-hydrogen) atoms. The van der Waals surface area contributed by atoms with E-state index in [1.165, 1.54) is 108 Å². The molecule has 3 heterocycles. The Morgan fingerprint density at radius 1 is 0.943 bits per heavy atom. The van der Waals surface area contributed by atoms with E-state index in [9.17, 15) is 9.28 Å². The van der Waals surface area contributed by atoms with E-state index in [-0.39, 0.29) is 31.0 Å². The number of rotatable bonds is 27. The molecule has 4 atom stereocenters. The smallest absolute Gasteiger partial charge is 0.330 e. The number of ether oxygens (including phenoxy) is 2. The van der Waals surface area contributed by atoms with Gasteiger partial charge in [-0.2, -0.15) is 10.4 Å². The Morgan fingerprint density at radius 2 is 1.57 bits per heavy atom. The minimum atomic E-state index is -2.17. The van der Waals surface area contributed by atoms with Crippen LogP contribution in [0.25, 0.3) is 5.52 Å². The molecule has 1 aliphatic rings. The molecule has 11 nitrogen and oxygen atoms in total. The molecule has 0 spiro atoms. The zero-order valence-corrected chi connectivity index (χ0v) is 32.4. The van der Waals surface area contributed by atoms with Gasteiger partial charge in [0.1, 0.15) is 41.7 Å². The van der Waals surface area contributed by atoms with Crippen LogP contribution < -0.4 is 10.5 Å². The van der Waals surface area contributed by atoms with Gasteiger partial charge in [-0.15, -0.1) is 0 Å². The average Bonchev–Trinajstić information content (AvgIpc) is 3.83. The number of fused-ring (bicyclic) bond motifs is 1. The van der Waals surface area contributed by atoms with Gasteiger partial charge in [0.15, 0.2) is 5.82 Å². The van der Waals surface area contributed by atoms with E-state index >= 15 is 0 Å². The molecule has 13 heteroatoms. The molecule has 0 amide bonds. The maximum atomic E-state index is 14.3. The van der Waals surface area contributed by atoms with Crippen LogP contribution >= 0.6 is 8.60 Å². The summed E-state index contributed by atoms with van der Waals surface area (Å²) in [6.45, 7) is 6.05. The summed E-state index contributed by atoms with van der Waals surface area (Å²) in [5.41, 5.74) is 7.56. The number of nitriles is 2. The third kappa shape index (κ3) is 16.3. The summed E-state index contributed by atoms with van der Waals surface area (Å²) in [6.07, 6.45) is 25.0. The van der Waals surface area contributed by atoms with E-state index in [2.05, 4.69) is 23.6 Å². The molecule has 0 bridgehead atoms. The van der Waals surface area contributed by atoms with E-state index in [0.717, 1.165) is 43.3 Å². The molecular formula is C40H60FN6O5P. The lowest BCUT2D eigenvalue weighted by Crippen LogP contribution is -2.23. The van der Waals surface area contributed by atoms with Crippen molar-refractivity contribution in [2.45, 2.75) is 154 Å². The van der Waals surface area contributed by atoms with Gasteiger partial charge < -0.3 is 29.1 Å². The van der Waals surface area contributed by atoms with Crippen molar-refractivity contribution >= 4 is 19.9 Å². The number of hydrogen-bond acceptors (Lipinski definition) is 10. The molecule has 1 aromatic carbocycles. The lowest BCUT2D eigenvalue weighted by atomic mass is 10.0. The summed E-state index contributed by atoms with van der Waals surface area (Å²) in [7, 11) is -2.17. The number of anilines is 1. The Morgan fingerprint density at radius 3 is 2.17 bits per heavy atom. The molecule has 0 aliphatic carbocycles. The van der Waals surface area contributed by atoms with Crippen molar-refractivity contribution in [3.05, 3.63) is 53.7 Å². The molecule has 1 aliphatic heterocycles. The highest BCUT2D eigenvalue weighted by Crippen LogP contribution is 2.38. The quantitative estimate of drug-likeness (QED) is 0.0566. The van der Waals surface area contributed by atoms with Gasteiger partial charge in [-0.25, -0.2) is 19.2 Å². The molecule has 292 valence electrons. The van der Waals surface area contributed by atoms with E-state index in [4.69, 9.17) is 34.8 Å². The summed E-state index contributed by atoms with van der Waals surface area (Å²) >= 11 is 0. The summed E-state index contributed by atoms with van der Waals surface area (Å²) in [5, 5.41) is 19.9. The first-order valence-corrected chi connectivity index (χ1v) is 20.7. The van der Waals surface area contributed by atoms with E-state index in [1.54, 1.807) is 10.6 Å². The number of nitrogens with two attached hydrogens (primary N) is 1. The first-order chi connectivity index (χ1) is 26.0. The summed E-state index contributed by atoms with van der Waals surface area (Å²) < 4.78 is 39.7. The predicted octanol–water partition coefficient (Wildman–Crippen LogP) is 10.4. The molecule has 1 fully saturated rings. The maximum absolute atomic E-state index is 14.3. The van der Waals surface area contributed by atoms with Crippen molar-refractivity contribution in [2.75, 3.05) is 18.9 Å². The van der Waals surface area contributed by atoms with Gasteiger partial charge >= 0.3 is 8.60 Å². The molecule has 0 radical (unpaired) electrons. The van der Waals surface area contributed by atoms with Crippen LogP contribution in [0.15, 0.2) is 36.7 Å². The second kappa shape index (κ2) is 26.4. The van der Waals surface area contributed by atoms with Crippen molar-refractivity contribution in [1.82, 2.24) is 14.6 Å². The number of benzene rings is 1. The monoisotopic (exact) mass is 754 g/mol. The fourth-order valence-corrected chi connectivity index (χ4v) is 7.38. The van der Waals surface area contributed by atoms with Crippen LogP contribution in [-0.2, 0) is 13.8 Å². The van der Waals surface area contributed by atoms with Crippen molar-refractivity contribution in [2.24, 2.45) is 0 Å². The van der Waals surface area contributed by atoms with Gasteiger partial charge in [0.05, 0.1) is 30.6 Å². The van der Waals surface area contributed by atoms with Gasteiger partial charge in [-0.3, -0.25) is 0 Å². The highest BCUT2D eigenvalue weighted by atomic mass is 31.2. The minimum Gasteiger partial charge on any atom is -0.488 e. The predicted molar refractivity (Wildman–Crippen MR) is 206 cm³/mol. The molecule has 3 N–H and O–H groups in total. The van der Waals surface area contributed by atoms with Crippen LogP contribution in [0.3, 0.4) is 0 Å². The fraction of sp³-hybridized carbons (Fsp3) is 0.650. The van der Waals surface area contributed by atoms with Crippen LogP contribution in [0.1, 0.15) is 153 Å². The number of unbranched alkanes of at least 4 members (excludes halogenated alkanes) is 16. The van der Waals surface area contributed by atoms with Gasteiger partial charge in [-0.1, -0.05) is 110 Å². The molecular weight excluding hydrogens is 694 g/mol. The van der Waals surface area contributed by atoms with Gasteiger partial charge in [0.2, 0.25) is 0 Å². The Hall–Kier alpha value is -3.38. The fourth-order valence-electron chi connectivity index (χ4n) is 6.72. The van der Waals surface area contributed by atoms with Crippen molar-refractivity contribution in [3.8, 4) is 18.4 Å². The zero-order valence-electron chi connectivity index (χ0n) is 31.5. The molecule has 0 saturated carbocycles. The van der Waals surface area contributed by atoms with Crippen LogP contribution in [-0.4, -0.2) is 44.9 Å². The normalized spacial score (nSPS) is 16.5.